The zero-order chi connectivity index (χ0) is 35.5. The summed E-state index contributed by atoms with van der Waals surface area (Å²) in [7, 11) is 1.88. The van der Waals surface area contributed by atoms with Gasteiger partial charge < -0.3 is 20.3 Å². The van der Waals surface area contributed by atoms with E-state index in [9.17, 15) is 10.1 Å². The van der Waals surface area contributed by atoms with Crippen LogP contribution in [-0.2, 0) is 18.3 Å². The van der Waals surface area contributed by atoms with Crippen LogP contribution in [0.4, 0.5) is 22.4 Å². The van der Waals surface area contributed by atoms with Crippen LogP contribution >= 0.6 is 0 Å². The van der Waals surface area contributed by atoms with Crippen LogP contribution in [0.5, 0.6) is 0 Å². The minimum absolute atomic E-state index is 0.152. The number of piperidine rings is 1. The highest BCUT2D eigenvalue weighted by atomic mass is 16.5. The Morgan fingerprint density at radius 2 is 2.00 bits per heavy atom. The first-order valence-electron chi connectivity index (χ1n) is 18.0. The summed E-state index contributed by atoms with van der Waals surface area (Å²) in [5, 5.41) is 20.7. The lowest BCUT2D eigenvalue weighted by atomic mass is 9.79. The van der Waals surface area contributed by atoms with E-state index in [0.717, 1.165) is 94.4 Å². The Kier molecular flexibility index (Phi) is 11.9. The van der Waals surface area contributed by atoms with Gasteiger partial charge in [-0.1, -0.05) is 49.8 Å². The number of nitriles is 1. The molecule has 2 aliphatic rings. The molecule has 4 aromatic rings. The number of nitrogens with zero attached hydrogens (tertiary/aromatic N) is 8. The molecule has 2 unspecified atom stereocenters. The van der Waals surface area contributed by atoms with Gasteiger partial charge in [-0.3, -0.25) is 9.58 Å². The molecule has 5 heterocycles. The SMILES string of the molecule is CCCC(CCC/C=C/N(C(=O)NCc1ccccc1)c1ccc(-c2cnn(C)c2)cn1)Nc1ncc(C#N)c(N2CCCC3(CCOC3)C2)n1. The molecule has 0 aliphatic carbocycles. The van der Waals surface area contributed by atoms with Gasteiger partial charge in [-0.05, 0) is 62.6 Å². The average Bonchev–Trinajstić information content (AvgIpc) is 3.81. The molecule has 2 saturated heterocycles. The van der Waals surface area contributed by atoms with Crippen molar-refractivity contribution in [2.24, 2.45) is 12.5 Å². The highest BCUT2D eigenvalue weighted by Crippen LogP contribution is 2.39. The van der Waals surface area contributed by atoms with Gasteiger partial charge in [-0.25, -0.2) is 14.8 Å². The number of pyridine rings is 1. The number of carbonyl (C=O) groups excluding carboxylic acids is 1. The van der Waals surface area contributed by atoms with Crippen LogP contribution in [0.2, 0.25) is 0 Å². The molecule has 0 saturated carbocycles. The summed E-state index contributed by atoms with van der Waals surface area (Å²) in [6.45, 7) is 5.90. The first-order chi connectivity index (χ1) is 24.9. The minimum atomic E-state index is -0.254. The van der Waals surface area contributed by atoms with Crippen molar-refractivity contribution in [2.75, 3.05) is 41.4 Å². The second-order valence-corrected chi connectivity index (χ2v) is 13.6. The molecule has 2 atom stereocenters. The number of ether oxygens (including phenoxy) is 1. The van der Waals surface area contributed by atoms with Gasteiger partial charge in [-0.2, -0.15) is 15.3 Å². The first-order valence-corrected chi connectivity index (χ1v) is 18.0. The summed E-state index contributed by atoms with van der Waals surface area (Å²) in [4.78, 5) is 31.3. The molecule has 51 heavy (non-hydrogen) atoms. The molecule has 12 nitrogen and oxygen atoms in total. The molecule has 2 aliphatic heterocycles. The van der Waals surface area contributed by atoms with Crippen LogP contribution in [0.1, 0.15) is 69.4 Å². The number of aromatic nitrogens is 5. The molecule has 2 N–H and O–H groups in total. The van der Waals surface area contributed by atoms with E-state index in [2.05, 4.69) is 43.6 Å². The van der Waals surface area contributed by atoms with Gasteiger partial charge in [0.25, 0.3) is 0 Å². The lowest BCUT2D eigenvalue weighted by Gasteiger charge is -2.40. The number of allylic oxidation sites excluding steroid dienone is 1. The number of aryl methyl sites for hydroxylation is 1. The van der Waals surface area contributed by atoms with Crippen molar-refractivity contribution in [1.82, 2.24) is 30.0 Å². The van der Waals surface area contributed by atoms with Crippen molar-refractivity contribution < 1.29 is 9.53 Å². The third-order valence-corrected chi connectivity index (χ3v) is 9.72. The Hall–Kier alpha value is -5.28. The molecule has 12 heteroatoms. The lowest BCUT2D eigenvalue weighted by Crippen LogP contribution is -2.44. The summed E-state index contributed by atoms with van der Waals surface area (Å²) in [6, 6.07) is 15.9. The number of anilines is 3. The summed E-state index contributed by atoms with van der Waals surface area (Å²) in [6.07, 6.45) is 18.8. The van der Waals surface area contributed by atoms with Gasteiger partial charge in [0.15, 0.2) is 5.82 Å². The number of rotatable bonds is 14. The standard InChI is InChI=1S/C39H48N10O2/c1-3-11-34(45-37-42-25-32(22-40)36(46-37)48-19-10-17-39(28-48)18-21-51-29-39)14-8-5-9-20-49(38(50)43-23-30-12-6-4-7-13-30)35-16-15-31(24-41-35)33-26-44-47(2)27-33/h4,6-7,9,12-13,15-16,20,24-27,34H,3,5,8,10-11,14,17-19,21,23,28-29H2,1-2H3,(H,43,50)(H,42,45,46)/b20-9+. The highest BCUT2D eigenvalue weighted by molar-refractivity contribution is 5.92. The molecular weight excluding hydrogens is 640 g/mol. The number of hydrogen-bond donors (Lipinski definition) is 2. The van der Waals surface area contributed by atoms with Gasteiger partial charge in [0, 0.05) is 74.5 Å². The van der Waals surface area contributed by atoms with E-state index >= 15 is 0 Å². The van der Waals surface area contributed by atoms with E-state index in [4.69, 9.17) is 9.72 Å². The molecule has 3 aromatic heterocycles. The fraction of sp³-hybridized carbons (Fsp3) is 0.436. The van der Waals surface area contributed by atoms with Gasteiger partial charge in [-0.15, -0.1) is 0 Å². The lowest BCUT2D eigenvalue weighted by molar-refractivity contribution is 0.139. The van der Waals surface area contributed by atoms with Gasteiger partial charge in [0.1, 0.15) is 17.5 Å². The van der Waals surface area contributed by atoms with E-state index in [-0.39, 0.29) is 17.5 Å². The molecular formula is C39H48N10O2. The maximum Gasteiger partial charge on any atom is 0.327 e. The average molecular weight is 689 g/mol. The zero-order valence-electron chi connectivity index (χ0n) is 29.7. The molecule has 1 aromatic carbocycles. The smallest absolute Gasteiger partial charge is 0.327 e. The number of carbonyl (C=O) groups is 1. The Balaban J connectivity index is 1.09. The predicted octanol–water partition coefficient (Wildman–Crippen LogP) is 6.83. The van der Waals surface area contributed by atoms with Crippen molar-refractivity contribution in [1.29, 1.82) is 5.26 Å². The Labute approximate surface area is 300 Å². The van der Waals surface area contributed by atoms with Crippen molar-refractivity contribution in [3.8, 4) is 17.2 Å². The summed E-state index contributed by atoms with van der Waals surface area (Å²) in [5.74, 6) is 1.80. The maximum atomic E-state index is 13.5. The van der Waals surface area contributed by atoms with E-state index in [0.29, 0.717) is 29.7 Å². The van der Waals surface area contributed by atoms with E-state index in [1.54, 1.807) is 28.2 Å². The monoisotopic (exact) mass is 688 g/mol. The Morgan fingerprint density at radius 1 is 1.12 bits per heavy atom. The fourth-order valence-electron chi connectivity index (χ4n) is 6.98. The zero-order valence-corrected chi connectivity index (χ0v) is 29.7. The van der Waals surface area contributed by atoms with Crippen LogP contribution in [0.25, 0.3) is 11.1 Å². The van der Waals surface area contributed by atoms with Crippen LogP contribution in [-0.4, -0.2) is 63.1 Å². The molecule has 266 valence electrons. The highest BCUT2D eigenvalue weighted by Gasteiger charge is 2.40. The largest absolute Gasteiger partial charge is 0.381 e. The van der Waals surface area contributed by atoms with Gasteiger partial charge >= 0.3 is 6.03 Å². The van der Waals surface area contributed by atoms with Crippen LogP contribution in [0, 0.1) is 16.7 Å². The molecule has 2 fully saturated rings. The quantitative estimate of drug-likeness (QED) is 0.137. The van der Waals surface area contributed by atoms with Crippen molar-refractivity contribution in [3.05, 3.63) is 90.7 Å². The number of nitrogens with one attached hydrogen (secondary N) is 2. The maximum absolute atomic E-state index is 13.5. The van der Waals surface area contributed by atoms with E-state index in [1.165, 1.54) is 0 Å². The van der Waals surface area contributed by atoms with Crippen molar-refractivity contribution in [2.45, 2.75) is 70.9 Å². The van der Waals surface area contributed by atoms with Crippen LogP contribution < -0.4 is 20.4 Å². The van der Waals surface area contributed by atoms with Gasteiger partial charge in [0.2, 0.25) is 5.95 Å². The Bertz CT molecular complexity index is 1790. The molecule has 2 amide bonds. The number of amides is 2. The molecule has 6 rings (SSSR count). The summed E-state index contributed by atoms with van der Waals surface area (Å²) in [5.41, 5.74) is 3.57. The number of benzene rings is 1. The van der Waals surface area contributed by atoms with Crippen LogP contribution in [0.3, 0.4) is 0 Å². The van der Waals surface area contributed by atoms with Crippen LogP contribution in [0.15, 0.2) is 79.5 Å². The third-order valence-electron chi connectivity index (χ3n) is 9.72. The van der Waals surface area contributed by atoms with E-state index in [1.807, 2.05) is 68.0 Å². The minimum Gasteiger partial charge on any atom is -0.381 e. The van der Waals surface area contributed by atoms with E-state index < -0.39 is 0 Å². The Morgan fingerprint density at radius 3 is 2.73 bits per heavy atom. The number of unbranched alkanes of at least 4 members (excludes halogenated alkanes) is 1. The fourth-order valence-corrected chi connectivity index (χ4v) is 6.98. The van der Waals surface area contributed by atoms with Crippen molar-refractivity contribution >= 4 is 23.6 Å². The first kappa shape index (κ1) is 35.5. The molecule has 0 bridgehead atoms. The van der Waals surface area contributed by atoms with Gasteiger partial charge in [0.05, 0.1) is 19.0 Å². The summed E-state index contributed by atoms with van der Waals surface area (Å²) >= 11 is 0. The molecule has 1 spiro atoms. The second-order valence-electron chi connectivity index (χ2n) is 13.6. The predicted molar refractivity (Wildman–Crippen MR) is 199 cm³/mol. The molecule has 0 radical (unpaired) electrons. The third kappa shape index (κ3) is 9.29. The normalized spacial score (nSPS) is 17.8. The number of hydrogen-bond acceptors (Lipinski definition) is 9. The number of urea groups is 1. The second kappa shape index (κ2) is 17.1. The summed E-state index contributed by atoms with van der Waals surface area (Å²) < 4.78 is 7.51. The topological polar surface area (TPSA) is 137 Å². The van der Waals surface area contributed by atoms with Crippen molar-refractivity contribution in [3.63, 3.8) is 0 Å².